The maximum atomic E-state index is 5.32. The summed E-state index contributed by atoms with van der Waals surface area (Å²) in [4.78, 5) is 7.09. The summed E-state index contributed by atoms with van der Waals surface area (Å²) in [7, 11) is 3.65. The second-order valence-electron chi connectivity index (χ2n) is 8.96. The number of methoxy groups -OCH3 is 1. The summed E-state index contributed by atoms with van der Waals surface area (Å²) < 4.78 is 5.32. The standard InChI is InChI=1S/C24H40N4O.HI/c1-20-9-6-7-15-28(20)18-22-11-5-4-10-21(22)17-26-23(25-2)27-19-24(12-8-13-24)14-16-29-3;/h4-5,10-11,20H,6-9,12-19H2,1-3H3,(H2,25,26,27);1H. The number of nitrogens with zero attached hydrogens (tertiary/aromatic N) is 2. The first-order chi connectivity index (χ1) is 14.2. The second-order valence-corrected chi connectivity index (χ2v) is 8.96. The predicted molar refractivity (Wildman–Crippen MR) is 137 cm³/mol. The molecule has 1 saturated heterocycles. The van der Waals surface area contributed by atoms with E-state index in [1.165, 1.54) is 56.2 Å². The van der Waals surface area contributed by atoms with Crippen molar-refractivity contribution >= 4 is 29.9 Å². The van der Waals surface area contributed by atoms with Crippen LogP contribution in [0, 0.1) is 5.41 Å². The fourth-order valence-electron chi connectivity index (χ4n) is 4.68. The van der Waals surface area contributed by atoms with Crippen molar-refractivity contribution in [3.8, 4) is 0 Å². The molecule has 1 aliphatic carbocycles. The van der Waals surface area contributed by atoms with Crippen LogP contribution >= 0.6 is 24.0 Å². The molecule has 1 aliphatic heterocycles. The largest absolute Gasteiger partial charge is 0.385 e. The first kappa shape index (κ1) is 25.4. The van der Waals surface area contributed by atoms with Crippen molar-refractivity contribution in [3.05, 3.63) is 35.4 Å². The lowest BCUT2D eigenvalue weighted by atomic mass is 9.67. The molecule has 170 valence electrons. The first-order valence-corrected chi connectivity index (χ1v) is 11.4. The SMILES string of the molecule is CN=C(NCc1ccccc1CN1CCCCC1C)NCC1(CCOC)CCC1.I. The van der Waals surface area contributed by atoms with Crippen LogP contribution in [0.15, 0.2) is 29.3 Å². The van der Waals surface area contributed by atoms with E-state index in [-0.39, 0.29) is 24.0 Å². The molecule has 2 fully saturated rings. The molecule has 2 N–H and O–H groups in total. The Kier molecular flexibility index (Phi) is 10.9. The Morgan fingerprint density at radius 1 is 1.17 bits per heavy atom. The van der Waals surface area contributed by atoms with Gasteiger partial charge >= 0.3 is 0 Å². The zero-order chi connectivity index (χ0) is 20.5. The van der Waals surface area contributed by atoms with Crippen LogP contribution in [0.4, 0.5) is 0 Å². The summed E-state index contributed by atoms with van der Waals surface area (Å²) in [5, 5.41) is 7.11. The number of guanidine groups is 1. The lowest BCUT2D eigenvalue weighted by molar-refractivity contribution is 0.0732. The minimum absolute atomic E-state index is 0. The van der Waals surface area contributed by atoms with E-state index in [1.807, 2.05) is 7.05 Å². The topological polar surface area (TPSA) is 48.9 Å². The van der Waals surface area contributed by atoms with Crippen LogP contribution in [-0.4, -0.2) is 50.8 Å². The minimum Gasteiger partial charge on any atom is -0.385 e. The molecule has 3 rings (SSSR count). The van der Waals surface area contributed by atoms with Gasteiger partial charge in [-0.05, 0) is 62.1 Å². The molecule has 2 aliphatic rings. The number of nitrogens with one attached hydrogen (secondary N) is 2. The third-order valence-electron chi connectivity index (χ3n) is 6.98. The van der Waals surface area contributed by atoms with E-state index >= 15 is 0 Å². The Hall–Kier alpha value is -0.860. The highest BCUT2D eigenvalue weighted by Gasteiger charge is 2.36. The van der Waals surface area contributed by atoms with E-state index in [0.717, 1.165) is 38.6 Å². The molecule has 1 aromatic carbocycles. The molecule has 1 atom stereocenters. The summed E-state index contributed by atoms with van der Waals surface area (Å²) >= 11 is 0. The molecule has 0 bridgehead atoms. The van der Waals surface area contributed by atoms with Crippen LogP contribution in [0.2, 0.25) is 0 Å². The molecule has 1 unspecified atom stereocenters. The molecule has 0 spiro atoms. The summed E-state index contributed by atoms with van der Waals surface area (Å²) in [6.45, 7) is 7.26. The molecular formula is C24H41IN4O. The average Bonchev–Trinajstić information content (AvgIpc) is 2.71. The Bertz CT molecular complexity index is 662. The molecule has 1 saturated carbocycles. The van der Waals surface area contributed by atoms with Gasteiger partial charge in [0.25, 0.3) is 0 Å². The third kappa shape index (κ3) is 7.09. The van der Waals surface area contributed by atoms with Gasteiger partial charge in [-0.3, -0.25) is 9.89 Å². The highest BCUT2D eigenvalue weighted by Crippen LogP contribution is 2.43. The fourth-order valence-corrected chi connectivity index (χ4v) is 4.68. The fraction of sp³-hybridized carbons (Fsp3) is 0.708. The van der Waals surface area contributed by atoms with Gasteiger partial charge in [0, 0.05) is 46.4 Å². The van der Waals surface area contributed by atoms with Gasteiger partial charge in [-0.15, -0.1) is 24.0 Å². The smallest absolute Gasteiger partial charge is 0.191 e. The van der Waals surface area contributed by atoms with Gasteiger partial charge < -0.3 is 15.4 Å². The Balaban J connectivity index is 0.00000320. The number of ether oxygens (including phenoxy) is 1. The first-order valence-electron chi connectivity index (χ1n) is 11.4. The van der Waals surface area contributed by atoms with Crippen molar-refractivity contribution in [2.75, 3.05) is 33.9 Å². The second kappa shape index (κ2) is 12.9. The number of hydrogen-bond donors (Lipinski definition) is 2. The Labute approximate surface area is 200 Å². The lowest BCUT2D eigenvalue weighted by Gasteiger charge is -2.42. The van der Waals surface area contributed by atoms with E-state index in [9.17, 15) is 0 Å². The Morgan fingerprint density at radius 2 is 1.93 bits per heavy atom. The van der Waals surface area contributed by atoms with Crippen LogP contribution in [-0.2, 0) is 17.8 Å². The highest BCUT2D eigenvalue weighted by atomic mass is 127. The molecule has 0 amide bonds. The molecule has 0 aromatic heterocycles. The van der Waals surface area contributed by atoms with Gasteiger partial charge in [0.05, 0.1) is 0 Å². The number of halogens is 1. The van der Waals surface area contributed by atoms with Gasteiger partial charge in [-0.25, -0.2) is 0 Å². The van der Waals surface area contributed by atoms with Crippen molar-refractivity contribution < 1.29 is 4.74 Å². The van der Waals surface area contributed by atoms with Crippen LogP contribution in [0.1, 0.15) is 63.0 Å². The third-order valence-corrected chi connectivity index (χ3v) is 6.98. The van der Waals surface area contributed by atoms with Gasteiger partial charge in [0.1, 0.15) is 0 Å². The molecule has 5 nitrogen and oxygen atoms in total. The molecule has 6 heteroatoms. The van der Waals surface area contributed by atoms with E-state index in [4.69, 9.17) is 4.74 Å². The summed E-state index contributed by atoms with van der Waals surface area (Å²) in [6.07, 6.45) is 9.06. The van der Waals surface area contributed by atoms with Crippen LogP contribution < -0.4 is 10.6 Å². The summed E-state index contributed by atoms with van der Waals surface area (Å²) in [5.74, 6) is 0.898. The summed E-state index contributed by atoms with van der Waals surface area (Å²) in [5.41, 5.74) is 3.18. The zero-order valence-electron chi connectivity index (χ0n) is 19.1. The predicted octanol–water partition coefficient (Wildman–Crippen LogP) is 4.55. The van der Waals surface area contributed by atoms with Gasteiger partial charge in [-0.2, -0.15) is 0 Å². The number of hydrogen-bond acceptors (Lipinski definition) is 3. The normalized spacial score (nSPS) is 21.4. The van der Waals surface area contributed by atoms with Crippen molar-refractivity contribution in [1.82, 2.24) is 15.5 Å². The monoisotopic (exact) mass is 528 g/mol. The number of aliphatic imine (C=N–C) groups is 1. The molecule has 30 heavy (non-hydrogen) atoms. The molecular weight excluding hydrogens is 487 g/mol. The average molecular weight is 529 g/mol. The summed E-state index contributed by atoms with van der Waals surface area (Å²) in [6, 6.07) is 9.52. The van der Waals surface area contributed by atoms with Crippen molar-refractivity contribution in [2.24, 2.45) is 10.4 Å². The van der Waals surface area contributed by atoms with Crippen molar-refractivity contribution in [2.45, 2.75) is 71.0 Å². The number of likely N-dealkylation sites (tertiary alicyclic amines) is 1. The van der Waals surface area contributed by atoms with E-state index in [0.29, 0.717) is 11.5 Å². The molecule has 1 heterocycles. The van der Waals surface area contributed by atoms with E-state index in [2.05, 4.69) is 51.7 Å². The molecule has 1 aromatic rings. The van der Waals surface area contributed by atoms with E-state index < -0.39 is 0 Å². The van der Waals surface area contributed by atoms with Crippen LogP contribution in [0.5, 0.6) is 0 Å². The van der Waals surface area contributed by atoms with E-state index in [1.54, 1.807) is 7.11 Å². The minimum atomic E-state index is 0. The Morgan fingerprint density at radius 3 is 2.57 bits per heavy atom. The lowest BCUT2D eigenvalue weighted by Crippen LogP contribution is -2.46. The maximum absolute atomic E-state index is 5.32. The van der Waals surface area contributed by atoms with Gasteiger partial charge in [0.2, 0.25) is 0 Å². The zero-order valence-corrected chi connectivity index (χ0v) is 21.4. The van der Waals surface area contributed by atoms with Gasteiger partial charge in [0.15, 0.2) is 5.96 Å². The number of rotatable bonds is 9. The van der Waals surface area contributed by atoms with Gasteiger partial charge in [-0.1, -0.05) is 37.1 Å². The number of piperidine rings is 1. The molecule has 0 radical (unpaired) electrons. The van der Waals surface area contributed by atoms with Crippen LogP contribution in [0.25, 0.3) is 0 Å². The van der Waals surface area contributed by atoms with Crippen molar-refractivity contribution in [1.29, 1.82) is 0 Å². The quantitative estimate of drug-likeness (QED) is 0.281. The van der Waals surface area contributed by atoms with Crippen molar-refractivity contribution in [3.63, 3.8) is 0 Å². The maximum Gasteiger partial charge on any atom is 0.191 e. The van der Waals surface area contributed by atoms with Crippen LogP contribution in [0.3, 0.4) is 0 Å². The number of benzene rings is 1. The highest BCUT2D eigenvalue weighted by molar-refractivity contribution is 14.0.